The number of hydrogen-bond donors (Lipinski definition) is 1. The average Bonchev–Trinajstić information content (AvgIpc) is 2.94. The highest BCUT2D eigenvalue weighted by Crippen LogP contribution is 2.26. The van der Waals surface area contributed by atoms with Gasteiger partial charge in [0.15, 0.2) is 0 Å². The Morgan fingerprint density at radius 2 is 2.32 bits per heavy atom. The first-order chi connectivity index (χ1) is 10.7. The average molecular weight is 302 g/mol. The van der Waals surface area contributed by atoms with Gasteiger partial charge in [0.1, 0.15) is 5.75 Å². The molecule has 2 heterocycles. The molecule has 3 rings (SSSR count). The Bertz CT molecular complexity index is 530. The van der Waals surface area contributed by atoms with E-state index in [2.05, 4.69) is 23.1 Å². The Kier molecular flexibility index (Phi) is 4.98. The first kappa shape index (κ1) is 15.3. The molecule has 1 aromatic carbocycles. The fourth-order valence-electron chi connectivity index (χ4n) is 3.71. The maximum atomic E-state index is 11.1. The lowest BCUT2D eigenvalue weighted by atomic mass is 9.94. The van der Waals surface area contributed by atoms with Gasteiger partial charge in [0.2, 0.25) is 5.91 Å². The molecule has 1 saturated heterocycles. The molecule has 0 aliphatic carbocycles. The minimum atomic E-state index is -0.160. The number of fused-ring (bicyclic) bond motifs is 1. The van der Waals surface area contributed by atoms with E-state index in [1.807, 2.05) is 0 Å². The van der Waals surface area contributed by atoms with Gasteiger partial charge in [-0.1, -0.05) is 12.1 Å². The number of rotatable bonds is 6. The van der Waals surface area contributed by atoms with E-state index in [1.54, 1.807) is 0 Å². The molecule has 0 spiro atoms. The second-order valence-electron chi connectivity index (χ2n) is 6.62. The van der Waals surface area contributed by atoms with Crippen LogP contribution in [0.3, 0.4) is 0 Å². The van der Waals surface area contributed by atoms with Crippen LogP contribution in [0.2, 0.25) is 0 Å². The van der Waals surface area contributed by atoms with Crippen LogP contribution < -0.4 is 10.5 Å². The Hall–Kier alpha value is -1.55. The van der Waals surface area contributed by atoms with Gasteiger partial charge < -0.3 is 15.4 Å². The smallest absolute Gasteiger partial charge is 0.217 e. The van der Waals surface area contributed by atoms with Crippen LogP contribution >= 0.6 is 0 Å². The molecule has 0 unspecified atom stereocenters. The Morgan fingerprint density at radius 3 is 3.18 bits per heavy atom. The Morgan fingerprint density at radius 1 is 1.41 bits per heavy atom. The van der Waals surface area contributed by atoms with Crippen LogP contribution in [0, 0.1) is 5.92 Å². The van der Waals surface area contributed by atoms with Crippen molar-refractivity contribution in [3.05, 3.63) is 29.3 Å². The van der Waals surface area contributed by atoms with Gasteiger partial charge >= 0.3 is 0 Å². The third-order valence-corrected chi connectivity index (χ3v) is 4.79. The quantitative estimate of drug-likeness (QED) is 0.876. The normalized spacial score (nSPS) is 21.4. The summed E-state index contributed by atoms with van der Waals surface area (Å²) in [4.78, 5) is 13.6. The number of nitrogens with two attached hydrogens (primary N) is 1. The summed E-state index contributed by atoms with van der Waals surface area (Å²) in [5.74, 6) is 1.37. The Balaban J connectivity index is 1.43. The van der Waals surface area contributed by atoms with Crippen molar-refractivity contribution in [1.29, 1.82) is 0 Å². The second kappa shape index (κ2) is 7.14. The zero-order chi connectivity index (χ0) is 15.4. The summed E-state index contributed by atoms with van der Waals surface area (Å²) < 4.78 is 5.55. The number of piperidine rings is 1. The SMILES string of the molecule is NC(=O)C[C@H]1CCCN(CCCc2ccc3c(c2)CCO3)C1. The number of benzene rings is 1. The van der Waals surface area contributed by atoms with Crippen molar-refractivity contribution < 1.29 is 9.53 Å². The molecule has 4 heteroatoms. The number of hydrogen-bond acceptors (Lipinski definition) is 3. The lowest BCUT2D eigenvalue weighted by molar-refractivity contribution is -0.119. The number of primary amides is 1. The molecule has 0 saturated carbocycles. The van der Waals surface area contributed by atoms with Crippen molar-refractivity contribution in [2.75, 3.05) is 26.2 Å². The van der Waals surface area contributed by atoms with Crippen molar-refractivity contribution >= 4 is 5.91 Å². The minimum Gasteiger partial charge on any atom is -0.493 e. The summed E-state index contributed by atoms with van der Waals surface area (Å²) in [6.07, 6.45) is 6.21. The van der Waals surface area contributed by atoms with Crippen molar-refractivity contribution in [1.82, 2.24) is 4.90 Å². The molecule has 1 atom stereocenters. The molecule has 1 fully saturated rings. The number of ether oxygens (including phenoxy) is 1. The van der Waals surface area contributed by atoms with E-state index < -0.39 is 0 Å². The third kappa shape index (κ3) is 4.01. The van der Waals surface area contributed by atoms with Crippen LogP contribution in [-0.4, -0.2) is 37.0 Å². The number of nitrogens with zero attached hydrogens (tertiary/aromatic N) is 1. The molecule has 22 heavy (non-hydrogen) atoms. The van der Waals surface area contributed by atoms with E-state index >= 15 is 0 Å². The van der Waals surface area contributed by atoms with Crippen molar-refractivity contribution in [2.24, 2.45) is 11.7 Å². The maximum Gasteiger partial charge on any atom is 0.217 e. The van der Waals surface area contributed by atoms with Gasteiger partial charge in [-0.15, -0.1) is 0 Å². The summed E-state index contributed by atoms with van der Waals surface area (Å²) in [5.41, 5.74) is 8.09. The van der Waals surface area contributed by atoms with E-state index in [0.717, 1.165) is 51.3 Å². The van der Waals surface area contributed by atoms with Gasteiger partial charge in [0, 0.05) is 19.4 Å². The van der Waals surface area contributed by atoms with Crippen molar-refractivity contribution in [3.8, 4) is 5.75 Å². The molecule has 120 valence electrons. The lowest BCUT2D eigenvalue weighted by Crippen LogP contribution is -2.37. The Labute approximate surface area is 132 Å². The van der Waals surface area contributed by atoms with Gasteiger partial charge in [-0.2, -0.15) is 0 Å². The van der Waals surface area contributed by atoms with Crippen LogP contribution in [-0.2, 0) is 17.6 Å². The lowest BCUT2D eigenvalue weighted by Gasteiger charge is -2.32. The fraction of sp³-hybridized carbons (Fsp3) is 0.611. The van der Waals surface area contributed by atoms with Crippen LogP contribution in [0.4, 0.5) is 0 Å². The van der Waals surface area contributed by atoms with E-state index in [1.165, 1.54) is 24.0 Å². The minimum absolute atomic E-state index is 0.160. The number of carbonyl (C=O) groups excluding carboxylic acids is 1. The zero-order valence-electron chi connectivity index (χ0n) is 13.2. The predicted molar refractivity (Wildman–Crippen MR) is 86.9 cm³/mol. The highest BCUT2D eigenvalue weighted by molar-refractivity contribution is 5.74. The number of amides is 1. The van der Waals surface area contributed by atoms with Gasteiger partial charge in [-0.3, -0.25) is 4.79 Å². The second-order valence-corrected chi connectivity index (χ2v) is 6.62. The molecule has 0 aromatic heterocycles. The summed E-state index contributed by atoms with van der Waals surface area (Å²) >= 11 is 0. The topological polar surface area (TPSA) is 55.6 Å². The van der Waals surface area contributed by atoms with Gasteiger partial charge in [-0.05, 0) is 61.9 Å². The molecular formula is C18H26N2O2. The molecule has 2 N–H and O–H groups in total. The standard InChI is InChI=1S/C18H26N2O2/c19-18(21)12-15-4-2-9-20(13-15)8-1-3-14-5-6-17-16(11-14)7-10-22-17/h5-6,11,15H,1-4,7-10,12-13H2,(H2,19,21)/t15-/m1/s1. The van der Waals surface area contributed by atoms with Gasteiger partial charge in [0.05, 0.1) is 6.61 Å². The van der Waals surface area contributed by atoms with Gasteiger partial charge in [-0.25, -0.2) is 0 Å². The maximum absolute atomic E-state index is 11.1. The molecule has 1 aromatic rings. The van der Waals surface area contributed by atoms with Crippen LogP contribution in [0.5, 0.6) is 5.75 Å². The highest BCUT2D eigenvalue weighted by Gasteiger charge is 2.21. The molecule has 4 nitrogen and oxygen atoms in total. The molecule has 0 radical (unpaired) electrons. The van der Waals surface area contributed by atoms with E-state index in [-0.39, 0.29) is 5.91 Å². The van der Waals surface area contributed by atoms with Gasteiger partial charge in [0.25, 0.3) is 0 Å². The number of aryl methyl sites for hydroxylation is 1. The van der Waals surface area contributed by atoms with Crippen LogP contribution in [0.25, 0.3) is 0 Å². The highest BCUT2D eigenvalue weighted by atomic mass is 16.5. The summed E-state index contributed by atoms with van der Waals surface area (Å²) in [5, 5.41) is 0. The van der Waals surface area contributed by atoms with Crippen LogP contribution in [0.1, 0.15) is 36.8 Å². The van der Waals surface area contributed by atoms with Crippen molar-refractivity contribution in [2.45, 2.75) is 38.5 Å². The largest absolute Gasteiger partial charge is 0.493 e. The molecule has 1 amide bonds. The number of likely N-dealkylation sites (tertiary alicyclic amines) is 1. The third-order valence-electron chi connectivity index (χ3n) is 4.79. The molecular weight excluding hydrogens is 276 g/mol. The predicted octanol–water partition coefficient (Wildman–Crippen LogP) is 2.14. The van der Waals surface area contributed by atoms with E-state index in [4.69, 9.17) is 10.5 Å². The monoisotopic (exact) mass is 302 g/mol. The summed E-state index contributed by atoms with van der Waals surface area (Å²) in [7, 11) is 0. The molecule has 2 aliphatic heterocycles. The van der Waals surface area contributed by atoms with E-state index in [0.29, 0.717) is 12.3 Å². The molecule has 0 bridgehead atoms. The van der Waals surface area contributed by atoms with Crippen LogP contribution in [0.15, 0.2) is 18.2 Å². The first-order valence-electron chi connectivity index (χ1n) is 8.46. The molecule has 2 aliphatic rings. The summed E-state index contributed by atoms with van der Waals surface area (Å²) in [6, 6.07) is 6.60. The number of carbonyl (C=O) groups is 1. The fourth-order valence-corrected chi connectivity index (χ4v) is 3.71. The zero-order valence-corrected chi connectivity index (χ0v) is 13.2. The summed E-state index contributed by atoms with van der Waals surface area (Å²) in [6.45, 7) is 4.13. The van der Waals surface area contributed by atoms with Crippen molar-refractivity contribution in [3.63, 3.8) is 0 Å². The first-order valence-corrected chi connectivity index (χ1v) is 8.46. The van der Waals surface area contributed by atoms with E-state index in [9.17, 15) is 4.79 Å².